The number of carbonyl (C=O) groups is 1. The Morgan fingerprint density at radius 1 is 1.43 bits per heavy atom. The molecular weight excluding hydrogens is 321 g/mol. The molecular formula is C12H16FNO5S2. The number of hydrogen-bond acceptors (Lipinski definition) is 4. The molecule has 1 atom stereocenters. The number of carboxylic acid groups (broad SMARTS) is 1. The molecule has 1 aromatic carbocycles. The van der Waals surface area contributed by atoms with Gasteiger partial charge in [0.25, 0.3) is 0 Å². The highest BCUT2D eigenvalue weighted by Gasteiger charge is 2.21. The van der Waals surface area contributed by atoms with Crippen LogP contribution in [0, 0.1) is 12.7 Å². The highest BCUT2D eigenvalue weighted by molar-refractivity contribution is 7.89. The first-order valence-electron chi connectivity index (χ1n) is 6.07. The van der Waals surface area contributed by atoms with Crippen LogP contribution in [0.25, 0.3) is 0 Å². The Kier molecular flexibility index (Phi) is 5.99. The minimum absolute atomic E-state index is 0.0683. The first kappa shape index (κ1) is 17.7. The minimum atomic E-state index is -4.06. The molecule has 2 N–H and O–H groups in total. The average Bonchev–Trinajstić information content (AvgIpc) is 2.40. The number of sulfonamides is 1. The van der Waals surface area contributed by atoms with Gasteiger partial charge in [0, 0.05) is 34.4 Å². The maximum atomic E-state index is 13.6. The van der Waals surface area contributed by atoms with Crippen molar-refractivity contribution < 1.29 is 26.9 Å². The van der Waals surface area contributed by atoms with E-state index in [2.05, 4.69) is 4.72 Å². The van der Waals surface area contributed by atoms with Gasteiger partial charge < -0.3 is 5.11 Å². The van der Waals surface area contributed by atoms with Crippen molar-refractivity contribution in [3.8, 4) is 0 Å². The second-order valence-corrected chi connectivity index (χ2v) is 7.82. The summed E-state index contributed by atoms with van der Waals surface area (Å²) in [6.07, 6.45) is 0. The third-order valence-electron chi connectivity index (χ3n) is 2.78. The molecule has 21 heavy (non-hydrogen) atoms. The first-order valence-corrected chi connectivity index (χ1v) is 9.04. The molecule has 9 heteroatoms. The van der Waals surface area contributed by atoms with Gasteiger partial charge in [-0.1, -0.05) is 6.92 Å². The van der Waals surface area contributed by atoms with Gasteiger partial charge in [-0.05, 0) is 19.1 Å². The molecule has 0 aliphatic rings. The number of rotatable bonds is 7. The molecule has 0 aliphatic heterocycles. The van der Waals surface area contributed by atoms with Crippen molar-refractivity contribution in [2.24, 2.45) is 0 Å². The van der Waals surface area contributed by atoms with Crippen molar-refractivity contribution in [3.63, 3.8) is 0 Å². The van der Waals surface area contributed by atoms with Gasteiger partial charge in [-0.15, -0.1) is 0 Å². The SMILES string of the molecule is CCS(=O)CCNS(=O)(=O)c1cc(C(=O)O)cc(F)c1C. The third kappa shape index (κ3) is 4.58. The van der Waals surface area contributed by atoms with E-state index in [4.69, 9.17) is 5.11 Å². The van der Waals surface area contributed by atoms with Crippen LogP contribution < -0.4 is 4.72 Å². The Morgan fingerprint density at radius 3 is 2.57 bits per heavy atom. The average molecular weight is 337 g/mol. The summed E-state index contributed by atoms with van der Waals surface area (Å²) in [5.74, 6) is -1.79. The van der Waals surface area contributed by atoms with Gasteiger partial charge in [-0.25, -0.2) is 22.3 Å². The van der Waals surface area contributed by atoms with Crippen LogP contribution in [-0.4, -0.2) is 41.8 Å². The quantitative estimate of drug-likeness (QED) is 0.769. The largest absolute Gasteiger partial charge is 0.478 e. The Morgan fingerprint density at radius 2 is 2.05 bits per heavy atom. The summed E-state index contributed by atoms with van der Waals surface area (Å²) in [5, 5.41) is 8.85. The standard InChI is InChI=1S/C12H16FNO5S2/c1-3-20(17)5-4-14-21(18,19)11-7-9(12(15)16)6-10(13)8(11)2/h6-7,14H,3-5H2,1-2H3,(H,15,16). The Hall–Kier alpha value is -1.32. The van der Waals surface area contributed by atoms with Gasteiger partial charge in [-0.3, -0.25) is 4.21 Å². The summed E-state index contributed by atoms with van der Waals surface area (Å²) in [5.41, 5.74) is -0.611. The number of halogens is 1. The molecule has 0 bridgehead atoms. The number of aromatic carboxylic acids is 1. The Balaban J connectivity index is 3.07. The zero-order chi connectivity index (χ0) is 16.2. The fourth-order valence-electron chi connectivity index (χ4n) is 1.57. The fourth-order valence-corrected chi connectivity index (χ4v) is 3.62. The molecule has 0 saturated heterocycles. The maximum absolute atomic E-state index is 13.6. The van der Waals surface area contributed by atoms with E-state index in [1.807, 2.05) is 0 Å². The van der Waals surface area contributed by atoms with Gasteiger partial charge in [0.2, 0.25) is 10.0 Å². The Bertz CT molecular complexity index is 672. The van der Waals surface area contributed by atoms with E-state index in [0.717, 1.165) is 12.1 Å². The minimum Gasteiger partial charge on any atom is -0.478 e. The second-order valence-electron chi connectivity index (χ2n) is 4.22. The molecule has 1 unspecified atom stereocenters. The second kappa shape index (κ2) is 7.10. The number of benzene rings is 1. The van der Waals surface area contributed by atoms with E-state index in [9.17, 15) is 21.8 Å². The van der Waals surface area contributed by atoms with Crippen molar-refractivity contribution in [3.05, 3.63) is 29.1 Å². The first-order chi connectivity index (χ1) is 9.69. The monoisotopic (exact) mass is 337 g/mol. The third-order valence-corrected chi connectivity index (χ3v) is 5.67. The zero-order valence-corrected chi connectivity index (χ0v) is 13.2. The van der Waals surface area contributed by atoms with Crippen LogP contribution in [-0.2, 0) is 20.8 Å². The van der Waals surface area contributed by atoms with Crippen molar-refractivity contribution in [1.29, 1.82) is 0 Å². The summed E-state index contributed by atoms with van der Waals surface area (Å²) >= 11 is 0. The van der Waals surface area contributed by atoms with Crippen molar-refractivity contribution in [2.75, 3.05) is 18.1 Å². The molecule has 118 valence electrons. The summed E-state index contributed by atoms with van der Waals surface area (Å²) in [6.45, 7) is 2.89. The highest BCUT2D eigenvalue weighted by Crippen LogP contribution is 2.20. The summed E-state index contributed by atoms with van der Waals surface area (Å²) in [4.78, 5) is 10.4. The molecule has 0 radical (unpaired) electrons. The van der Waals surface area contributed by atoms with Gasteiger partial charge in [0.1, 0.15) is 5.82 Å². The van der Waals surface area contributed by atoms with Gasteiger partial charge in [-0.2, -0.15) is 0 Å². The highest BCUT2D eigenvalue weighted by atomic mass is 32.2. The molecule has 0 heterocycles. The van der Waals surface area contributed by atoms with Gasteiger partial charge in [0.15, 0.2) is 0 Å². The van der Waals surface area contributed by atoms with Crippen LogP contribution >= 0.6 is 0 Å². The predicted octanol–water partition coefficient (Wildman–Crippen LogP) is 0.879. The number of carboxylic acids is 1. The number of hydrogen-bond donors (Lipinski definition) is 2. The summed E-state index contributed by atoms with van der Waals surface area (Å²) in [7, 11) is -5.20. The Labute approximate surface area is 124 Å². The van der Waals surface area contributed by atoms with E-state index in [1.165, 1.54) is 6.92 Å². The van der Waals surface area contributed by atoms with E-state index < -0.39 is 43.1 Å². The molecule has 0 fully saturated rings. The summed E-state index contributed by atoms with van der Waals surface area (Å²) in [6, 6.07) is 1.67. The lowest BCUT2D eigenvalue weighted by molar-refractivity contribution is 0.0696. The molecule has 0 saturated carbocycles. The number of nitrogens with one attached hydrogen (secondary N) is 1. The molecule has 1 rings (SSSR count). The van der Waals surface area contributed by atoms with E-state index in [1.54, 1.807) is 6.92 Å². The smallest absolute Gasteiger partial charge is 0.335 e. The van der Waals surface area contributed by atoms with E-state index in [-0.39, 0.29) is 17.9 Å². The summed E-state index contributed by atoms with van der Waals surface area (Å²) < 4.78 is 51.2. The molecule has 0 aromatic heterocycles. The fraction of sp³-hybridized carbons (Fsp3) is 0.417. The van der Waals surface area contributed by atoms with Crippen LogP contribution in [0.2, 0.25) is 0 Å². The maximum Gasteiger partial charge on any atom is 0.335 e. The topological polar surface area (TPSA) is 101 Å². The van der Waals surface area contributed by atoms with Crippen LogP contribution in [0.15, 0.2) is 17.0 Å². The predicted molar refractivity (Wildman–Crippen MR) is 76.8 cm³/mol. The zero-order valence-electron chi connectivity index (χ0n) is 11.6. The molecule has 0 amide bonds. The van der Waals surface area contributed by atoms with Gasteiger partial charge in [0.05, 0.1) is 10.5 Å². The molecule has 0 aliphatic carbocycles. The van der Waals surface area contributed by atoms with Crippen LogP contribution in [0.5, 0.6) is 0 Å². The molecule has 1 aromatic rings. The van der Waals surface area contributed by atoms with E-state index in [0.29, 0.717) is 5.75 Å². The van der Waals surface area contributed by atoms with Crippen LogP contribution in [0.4, 0.5) is 4.39 Å². The van der Waals surface area contributed by atoms with E-state index >= 15 is 0 Å². The lowest BCUT2D eigenvalue weighted by Crippen LogP contribution is -2.29. The normalized spacial score (nSPS) is 13.1. The van der Waals surface area contributed by atoms with Crippen molar-refractivity contribution >= 4 is 26.8 Å². The van der Waals surface area contributed by atoms with Gasteiger partial charge >= 0.3 is 5.97 Å². The van der Waals surface area contributed by atoms with Crippen LogP contribution in [0.3, 0.4) is 0 Å². The van der Waals surface area contributed by atoms with Crippen molar-refractivity contribution in [2.45, 2.75) is 18.7 Å². The van der Waals surface area contributed by atoms with Crippen molar-refractivity contribution in [1.82, 2.24) is 4.72 Å². The van der Waals surface area contributed by atoms with Crippen LogP contribution in [0.1, 0.15) is 22.8 Å². The molecule has 6 nitrogen and oxygen atoms in total. The lowest BCUT2D eigenvalue weighted by Gasteiger charge is -2.11. The molecule has 0 spiro atoms. The lowest BCUT2D eigenvalue weighted by atomic mass is 10.1.